The van der Waals surface area contributed by atoms with Crippen LogP contribution >= 0.6 is 15.9 Å². The van der Waals surface area contributed by atoms with Gasteiger partial charge < -0.3 is 19.2 Å². The van der Waals surface area contributed by atoms with E-state index >= 15 is 0 Å². The number of furan rings is 1. The van der Waals surface area contributed by atoms with Crippen molar-refractivity contribution in [2.75, 3.05) is 23.9 Å². The van der Waals surface area contributed by atoms with Crippen LogP contribution in [0, 0.1) is 0 Å². The predicted octanol–water partition coefficient (Wildman–Crippen LogP) is 6.83. The van der Waals surface area contributed by atoms with E-state index in [4.69, 9.17) is 9.15 Å². The van der Waals surface area contributed by atoms with Crippen LogP contribution in [0.5, 0.6) is 5.75 Å². The first-order valence-electron chi connectivity index (χ1n) is 12.2. The number of amides is 1. The molecule has 0 fully saturated rings. The fourth-order valence-corrected chi connectivity index (χ4v) is 4.97. The number of hydrogen-bond acceptors (Lipinski definition) is 6. The second kappa shape index (κ2) is 10.0. The van der Waals surface area contributed by atoms with Crippen LogP contribution < -0.4 is 14.5 Å². The Morgan fingerprint density at radius 3 is 2.34 bits per heavy atom. The lowest BCUT2D eigenvalue weighted by atomic mass is 9.94. The minimum absolute atomic E-state index is 0.00480. The van der Waals surface area contributed by atoms with Gasteiger partial charge in [0.15, 0.2) is 11.5 Å². The Morgan fingerprint density at radius 2 is 1.71 bits per heavy atom. The third kappa shape index (κ3) is 4.67. The van der Waals surface area contributed by atoms with E-state index in [0.717, 1.165) is 15.5 Å². The van der Waals surface area contributed by atoms with Crippen molar-refractivity contribution in [1.82, 2.24) is 0 Å². The quantitative estimate of drug-likeness (QED) is 0.243. The van der Waals surface area contributed by atoms with Gasteiger partial charge in [-0.3, -0.25) is 14.5 Å². The van der Waals surface area contributed by atoms with Gasteiger partial charge in [-0.25, -0.2) is 0 Å². The van der Waals surface area contributed by atoms with Crippen molar-refractivity contribution in [1.29, 1.82) is 0 Å². The molecule has 0 spiro atoms. The van der Waals surface area contributed by atoms with E-state index in [2.05, 4.69) is 15.9 Å². The van der Waals surface area contributed by atoms with Gasteiger partial charge >= 0.3 is 0 Å². The summed E-state index contributed by atoms with van der Waals surface area (Å²) < 4.78 is 12.5. The van der Waals surface area contributed by atoms with Crippen LogP contribution in [0.2, 0.25) is 0 Å². The van der Waals surface area contributed by atoms with E-state index in [1.807, 2.05) is 57.1 Å². The standard InChI is InChI=1S/C30H27BrN2O5/c1-17(2)37-23-12-5-18(6-13-23)27-26(28(34)25-16-19-15-20(31)7-14-24(19)38-25)29(35)30(36)33(27)22-10-8-21(9-11-22)32(3)4/h5-17,27,35H,1-4H3. The number of carbonyl (C=O) groups excluding carboxylic acids is 2. The van der Waals surface area contributed by atoms with E-state index in [1.165, 1.54) is 4.90 Å². The van der Waals surface area contributed by atoms with E-state index in [1.54, 1.807) is 48.5 Å². The molecule has 1 aliphatic heterocycles. The largest absolute Gasteiger partial charge is 0.503 e. The highest BCUT2D eigenvalue weighted by atomic mass is 79.9. The van der Waals surface area contributed by atoms with Crippen molar-refractivity contribution < 1.29 is 23.8 Å². The SMILES string of the molecule is CC(C)Oc1ccc(C2C(C(=O)c3cc4cc(Br)ccc4o3)=C(O)C(=O)N2c2ccc(N(C)C)cc2)cc1. The summed E-state index contributed by atoms with van der Waals surface area (Å²) in [5.41, 5.74) is 2.65. The Labute approximate surface area is 229 Å². The maximum absolute atomic E-state index is 13.8. The zero-order chi connectivity index (χ0) is 27.1. The summed E-state index contributed by atoms with van der Waals surface area (Å²) in [5, 5.41) is 11.8. The number of anilines is 2. The first-order valence-corrected chi connectivity index (χ1v) is 13.0. The molecule has 0 saturated carbocycles. The Kier molecular flexibility index (Phi) is 6.75. The lowest BCUT2D eigenvalue weighted by Gasteiger charge is -2.27. The molecule has 0 bridgehead atoms. The fourth-order valence-electron chi connectivity index (χ4n) is 4.59. The van der Waals surface area contributed by atoms with Gasteiger partial charge in [0.2, 0.25) is 5.78 Å². The van der Waals surface area contributed by atoms with Crippen LogP contribution in [0.1, 0.15) is 36.0 Å². The molecule has 1 aromatic heterocycles. The van der Waals surface area contributed by atoms with Crippen molar-refractivity contribution in [3.05, 3.63) is 99.9 Å². The lowest BCUT2D eigenvalue weighted by molar-refractivity contribution is -0.117. The highest BCUT2D eigenvalue weighted by molar-refractivity contribution is 9.10. The molecule has 1 atom stereocenters. The zero-order valence-electron chi connectivity index (χ0n) is 21.4. The van der Waals surface area contributed by atoms with E-state index in [-0.39, 0.29) is 17.4 Å². The van der Waals surface area contributed by atoms with Gasteiger partial charge in [0, 0.05) is 35.3 Å². The number of rotatable bonds is 7. The van der Waals surface area contributed by atoms with Gasteiger partial charge in [-0.15, -0.1) is 0 Å². The number of fused-ring (bicyclic) bond motifs is 1. The first kappa shape index (κ1) is 25.6. The molecule has 0 saturated heterocycles. The molecule has 38 heavy (non-hydrogen) atoms. The Bertz CT molecular complexity index is 1550. The molecule has 0 aliphatic carbocycles. The van der Waals surface area contributed by atoms with Crippen LogP contribution in [0.25, 0.3) is 11.0 Å². The summed E-state index contributed by atoms with van der Waals surface area (Å²) in [5.74, 6) is -1.10. The second-order valence-electron chi connectivity index (χ2n) is 9.61. The van der Waals surface area contributed by atoms with Crippen LogP contribution in [-0.2, 0) is 4.79 Å². The van der Waals surface area contributed by atoms with Crippen molar-refractivity contribution in [2.24, 2.45) is 0 Å². The average Bonchev–Trinajstić information content (AvgIpc) is 3.42. The topological polar surface area (TPSA) is 83.2 Å². The molecule has 7 nitrogen and oxygen atoms in total. The number of benzene rings is 3. The Balaban J connectivity index is 1.61. The van der Waals surface area contributed by atoms with Crippen molar-refractivity contribution in [3.8, 4) is 5.75 Å². The molecule has 8 heteroatoms. The molecule has 5 rings (SSSR count). The molecular weight excluding hydrogens is 548 g/mol. The predicted molar refractivity (Wildman–Crippen MR) is 151 cm³/mol. The molecule has 194 valence electrons. The molecule has 1 unspecified atom stereocenters. The number of carbonyl (C=O) groups is 2. The highest BCUT2D eigenvalue weighted by Gasteiger charge is 2.45. The van der Waals surface area contributed by atoms with Gasteiger partial charge in [0.25, 0.3) is 5.91 Å². The summed E-state index contributed by atoms with van der Waals surface area (Å²) >= 11 is 3.43. The van der Waals surface area contributed by atoms with Gasteiger partial charge in [0.1, 0.15) is 11.3 Å². The van der Waals surface area contributed by atoms with Crippen LogP contribution in [0.4, 0.5) is 11.4 Å². The lowest BCUT2D eigenvalue weighted by Crippen LogP contribution is -2.31. The Morgan fingerprint density at radius 1 is 1.03 bits per heavy atom. The molecule has 1 amide bonds. The number of hydrogen-bond donors (Lipinski definition) is 1. The zero-order valence-corrected chi connectivity index (χ0v) is 23.0. The smallest absolute Gasteiger partial charge is 0.294 e. The second-order valence-corrected chi connectivity index (χ2v) is 10.5. The Hall–Kier alpha value is -4.04. The summed E-state index contributed by atoms with van der Waals surface area (Å²) in [6, 6.07) is 20.7. The molecule has 3 aromatic carbocycles. The third-order valence-electron chi connectivity index (χ3n) is 6.37. The summed E-state index contributed by atoms with van der Waals surface area (Å²) in [6.07, 6.45) is -0.00480. The molecule has 0 radical (unpaired) electrons. The van der Waals surface area contributed by atoms with Crippen LogP contribution in [0.15, 0.2) is 93.0 Å². The maximum Gasteiger partial charge on any atom is 0.294 e. The number of aliphatic hydroxyl groups excluding tert-OH is 1. The minimum atomic E-state index is -0.867. The van der Waals surface area contributed by atoms with Crippen LogP contribution in [0.3, 0.4) is 0 Å². The normalized spacial score (nSPS) is 15.6. The number of ketones is 1. The van der Waals surface area contributed by atoms with E-state index in [0.29, 0.717) is 22.6 Å². The van der Waals surface area contributed by atoms with Gasteiger partial charge in [-0.2, -0.15) is 0 Å². The van der Waals surface area contributed by atoms with Crippen molar-refractivity contribution in [2.45, 2.75) is 26.0 Å². The average molecular weight is 575 g/mol. The van der Waals surface area contributed by atoms with Gasteiger partial charge in [-0.05, 0) is 80.1 Å². The first-order chi connectivity index (χ1) is 18.1. The highest BCUT2D eigenvalue weighted by Crippen LogP contribution is 2.43. The molecule has 1 aliphatic rings. The van der Waals surface area contributed by atoms with Crippen LogP contribution in [-0.4, -0.2) is 37.0 Å². The number of aliphatic hydroxyl groups is 1. The van der Waals surface area contributed by atoms with E-state index in [9.17, 15) is 14.7 Å². The third-order valence-corrected chi connectivity index (χ3v) is 6.86. The summed E-state index contributed by atoms with van der Waals surface area (Å²) in [6.45, 7) is 3.87. The maximum atomic E-state index is 13.8. The van der Waals surface area contributed by atoms with Crippen molar-refractivity contribution >= 4 is 50.0 Å². The molecular formula is C30H27BrN2O5. The van der Waals surface area contributed by atoms with Crippen molar-refractivity contribution in [3.63, 3.8) is 0 Å². The number of Topliss-reactive ketones (excluding diaryl/α,β-unsaturated/α-hetero) is 1. The van der Waals surface area contributed by atoms with E-state index < -0.39 is 23.5 Å². The van der Waals surface area contributed by atoms with Gasteiger partial charge in [0.05, 0.1) is 17.7 Å². The number of nitrogens with zero attached hydrogens (tertiary/aromatic N) is 2. The van der Waals surface area contributed by atoms with Gasteiger partial charge in [-0.1, -0.05) is 28.1 Å². The molecule has 4 aromatic rings. The minimum Gasteiger partial charge on any atom is -0.503 e. The molecule has 2 heterocycles. The summed E-state index contributed by atoms with van der Waals surface area (Å²) in [4.78, 5) is 30.7. The molecule has 1 N–H and O–H groups in total. The number of ether oxygens (including phenoxy) is 1. The monoisotopic (exact) mass is 574 g/mol. The summed E-state index contributed by atoms with van der Waals surface area (Å²) in [7, 11) is 3.85. The fraction of sp³-hybridized carbons (Fsp3) is 0.200. The number of halogens is 1.